The van der Waals surface area contributed by atoms with Crippen molar-refractivity contribution >= 4 is 5.96 Å². The van der Waals surface area contributed by atoms with Crippen LogP contribution in [0.2, 0.25) is 0 Å². The lowest BCUT2D eigenvalue weighted by atomic mass is 9.98. The minimum atomic E-state index is 0.445. The molecule has 2 aromatic rings. The number of ether oxygens (including phenoxy) is 1. The summed E-state index contributed by atoms with van der Waals surface area (Å²) in [6.07, 6.45) is 0.993. The Kier molecular flexibility index (Phi) is 6.60. The van der Waals surface area contributed by atoms with E-state index in [1.54, 1.807) is 21.1 Å². The van der Waals surface area contributed by atoms with Gasteiger partial charge in [0.25, 0.3) is 0 Å². The van der Waals surface area contributed by atoms with E-state index in [9.17, 15) is 0 Å². The minimum absolute atomic E-state index is 0.445. The largest absolute Gasteiger partial charge is 0.497 e. The molecule has 0 bridgehead atoms. The first-order valence-electron chi connectivity index (χ1n) is 8.00. The molecule has 2 N–H and O–H groups in total. The zero-order valence-electron chi connectivity index (χ0n) is 14.7. The van der Waals surface area contributed by atoms with Crippen molar-refractivity contribution in [3.05, 3.63) is 41.5 Å². The average molecular weight is 331 g/mol. The van der Waals surface area contributed by atoms with Crippen LogP contribution in [0.4, 0.5) is 0 Å². The van der Waals surface area contributed by atoms with E-state index in [-0.39, 0.29) is 0 Å². The van der Waals surface area contributed by atoms with Crippen LogP contribution in [0.1, 0.15) is 36.5 Å². The van der Waals surface area contributed by atoms with Crippen LogP contribution in [0.5, 0.6) is 5.75 Å². The van der Waals surface area contributed by atoms with Crippen LogP contribution in [0.15, 0.2) is 33.8 Å². The van der Waals surface area contributed by atoms with Crippen molar-refractivity contribution in [2.45, 2.75) is 32.7 Å². The lowest BCUT2D eigenvalue weighted by Gasteiger charge is -2.15. The highest BCUT2D eigenvalue weighted by Gasteiger charge is 2.07. The van der Waals surface area contributed by atoms with Crippen LogP contribution in [-0.4, -0.2) is 36.8 Å². The van der Waals surface area contributed by atoms with Crippen molar-refractivity contribution < 1.29 is 9.26 Å². The molecular formula is C17H25N5O2. The maximum absolute atomic E-state index is 5.19. The molecular weight excluding hydrogens is 306 g/mol. The van der Waals surface area contributed by atoms with Crippen LogP contribution < -0.4 is 15.4 Å². The second-order valence-corrected chi connectivity index (χ2v) is 5.55. The van der Waals surface area contributed by atoms with Crippen molar-refractivity contribution in [2.75, 3.05) is 20.7 Å². The monoisotopic (exact) mass is 331 g/mol. The Morgan fingerprint density at radius 3 is 2.62 bits per heavy atom. The van der Waals surface area contributed by atoms with Gasteiger partial charge in [-0.25, -0.2) is 0 Å². The Balaban J connectivity index is 1.74. The average Bonchev–Trinajstić information content (AvgIpc) is 3.03. The number of benzene rings is 1. The molecule has 1 aromatic carbocycles. The van der Waals surface area contributed by atoms with Crippen molar-refractivity contribution in [3.63, 3.8) is 0 Å². The smallest absolute Gasteiger partial charge is 0.246 e. The van der Waals surface area contributed by atoms with Gasteiger partial charge in [0.15, 0.2) is 11.8 Å². The van der Waals surface area contributed by atoms with Gasteiger partial charge in [-0.05, 0) is 37.0 Å². The number of methoxy groups -OCH3 is 1. The third kappa shape index (κ3) is 5.26. The molecule has 7 heteroatoms. The Labute approximate surface area is 142 Å². The van der Waals surface area contributed by atoms with E-state index in [1.165, 1.54) is 5.56 Å². The quantitative estimate of drug-likeness (QED) is 0.598. The van der Waals surface area contributed by atoms with Crippen molar-refractivity contribution in [1.82, 2.24) is 20.8 Å². The van der Waals surface area contributed by atoms with Gasteiger partial charge >= 0.3 is 0 Å². The van der Waals surface area contributed by atoms with Gasteiger partial charge in [-0.15, -0.1) is 0 Å². The van der Waals surface area contributed by atoms with Gasteiger partial charge in [0, 0.05) is 13.6 Å². The number of aliphatic imine (C=N–C) groups is 1. The van der Waals surface area contributed by atoms with E-state index in [1.807, 2.05) is 12.1 Å². The van der Waals surface area contributed by atoms with Gasteiger partial charge in [-0.1, -0.05) is 24.2 Å². The first kappa shape index (κ1) is 17.8. The van der Waals surface area contributed by atoms with E-state index >= 15 is 0 Å². The first-order chi connectivity index (χ1) is 11.6. The predicted octanol–water partition coefficient (Wildman–Crippen LogP) is 2.25. The number of aryl methyl sites for hydroxylation is 1. The summed E-state index contributed by atoms with van der Waals surface area (Å²) in [7, 11) is 3.41. The van der Waals surface area contributed by atoms with Crippen molar-refractivity contribution in [2.24, 2.45) is 4.99 Å². The van der Waals surface area contributed by atoms with Gasteiger partial charge in [-0.2, -0.15) is 4.98 Å². The summed E-state index contributed by atoms with van der Waals surface area (Å²) in [5, 5.41) is 10.2. The number of nitrogens with one attached hydrogen (secondary N) is 2. The third-order valence-corrected chi connectivity index (χ3v) is 3.75. The number of hydrogen-bond donors (Lipinski definition) is 2. The molecule has 2 rings (SSSR count). The molecule has 0 aliphatic carbocycles. The fraction of sp³-hybridized carbons (Fsp3) is 0.471. The lowest BCUT2D eigenvalue weighted by Crippen LogP contribution is -2.37. The van der Waals surface area contributed by atoms with E-state index in [2.05, 4.69) is 44.8 Å². The number of hydrogen-bond acceptors (Lipinski definition) is 5. The van der Waals surface area contributed by atoms with E-state index < -0.39 is 0 Å². The second-order valence-electron chi connectivity index (χ2n) is 5.55. The van der Waals surface area contributed by atoms with Crippen molar-refractivity contribution in [3.8, 4) is 5.75 Å². The fourth-order valence-corrected chi connectivity index (χ4v) is 2.30. The summed E-state index contributed by atoms with van der Waals surface area (Å²) in [5.74, 6) is 3.21. The number of guanidine groups is 1. The molecule has 0 spiro atoms. The standard InChI is InChI=1S/C17H25N5O2/c1-12(14-5-7-15(23-4)8-6-14)9-10-19-17(18-3)20-11-16-21-13(2)22-24-16/h5-8,12H,9-11H2,1-4H3,(H2,18,19,20). The van der Waals surface area contributed by atoms with Crippen LogP contribution >= 0.6 is 0 Å². The Bertz CT molecular complexity index is 651. The second kappa shape index (κ2) is 8.90. The molecule has 1 unspecified atom stereocenters. The zero-order chi connectivity index (χ0) is 17.4. The fourth-order valence-electron chi connectivity index (χ4n) is 2.30. The topological polar surface area (TPSA) is 84.6 Å². The maximum atomic E-state index is 5.19. The van der Waals surface area contributed by atoms with Gasteiger partial charge in [-0.3, -0.25) is 4.99 Å². The van der Waals surface area contributed by atoms with E-state index in [0.717, 1.165) is 18.7 Å². The summed E-state index contributed by atoms with van der Waals surface area (Å²) in [4.78, 5) is 8.34. The third-order valence-electron chi connectivity index (χ3n) is 3.75. The van der Waals surface area contributed by atoms with Gasteiger partial charge in [0.05, 0.1) is 13.7 Å². The predicted molar refractivity (Wildman–Crippen MR) is 93.3 cm³/mol. The highest BCUT2D eigenvalue weighted by Crippen LogP contribution is 2.21. The number of aromatic nitrogens is 2. The molecule has 1 heterocycles. The molecule has 0 saturated carbocycles. The molecule has 24 heavy (non-hydrogen) atoms. The molecule has 0 aliphatic rings. The normalized spacial score (nSPS) is 12.8. The zero-order valence-corrected chi connectivity index (χ0v) is 14.7. The molecule has 0 fully saturated rings. The van der Waals surface area contributed by atoms with Gasteiger partial charge in [0.2, 0.25) is 5.89 Å². The molecule has 7 nitrogen and oxygen atoms in total. The van der Waals surface area contributed by atoms with Gasteiger partial charge < -0.3 is 19.9 Å². The molecule has 0 saturated heterocycles. The maximum Gasteiger partial charge on any atom is 0.246 e. The van der Waals surface area contributed by atoms with Crippen LogP contribution in [0, 0.1) is 6.92 Å². The highest BCUT2D eigenvalue weighted by molar-refractivity contribution is 5.79. The van der Waals surface area contributed by atoms with Gasteiger partial charge in [0.1, 0.15) is 5.75 Å². The summed E-state index contributed by atoms with van der Waals surface area (Å²) >= 11 is 0. The SMILES string of the molecule is CN=C(NCCC(C)c1ccc(OC)cc1)NCc1nc(C)no1. The van der Waals surface area contributed by atoms with E-state index in [4.69, 9.17) is 9.26 Å². The summed E-state index contributed by atoms with van der Waals surface area (Å²) in [5.41, 5.74) is 1.29. The van der Waals surface area contributed by atoms with E-state index in [0.29, 0.717) is 30.1 Å². The number of rotatable bonds is 7. The lowest BCUT2D eigenvalue weighted by molar-refractivity contribution is 0.371. The summed E-state index contributed by atoms with van der Waals surface area (Å²) in [6, 6.07) is 8.20. The highest BCUT2D eigenvalue weighted by atomic mass is 16.5. The Morgan fingerprint density at radius 2 is 2.04 bits per heavy atom. The first-order valence-corrected chi connectivity index (χ1v) is 8.00. The van der Waals surface area contributed by atoms with Crippen LogP contribution in [0.25, 0.3) is 0 Å². The van der Waals surface area contributed by atoms with Crippen molar-refractivity contribution in [1.29, 1.82) is 0 Å². The molecule has 0 amide bonds. The molecule has 130 valence electrons. The minimum Gasteiger partial charge on any atom is -0.497 e. The molecule has 1 aromatic heterocycles. The Hall–Kier alpha value is -2.57. The summed E-state index contributed by atoms with van der Waals surface area (Å²) < 4.78 is 10.2. The number of nitrogens with zero attached hydrogens (tertiary/aromatic N) is 3. The van der Waals surface area contributed by atoms with Crippen LogP contribution in [0.3, 0.4) is 0 Å². The Morgan fingerprint density at radius 1 is 1.29 bits per heavy atom. The molecule has 0 radical (unpaired) electrons. The summed E-state index contributed by atoms with van der Waals surface area (Å²) in [6.45, 7) is 5.27. The molecule has 1 atom stereocenters. The molecule has 0 aliphatic heterocycles. The van der Waals surface area contributed by atoms with Crippen LogP contribution in [-0.2, 0) is 6.54 Å².